The molecule has 0 saturated heterocycles. The van der Waals surface area contributed by atoms with Gasteiger partial charge in [-0.1, -0.05) is 26.0 Å². The van der Waals surface area contributed by atoms with Crippen LogP contribution in [0.25, 0.3) is 5.69 Å². The number of aliphatic hydroxyl groups excluding tert-OH is 2. The summed E-state index contributed by atoms with van der Waals surface area (Å²) >= 11 is 0. The molecule has 3 aromatic rings. The smallest absolute Gasteiger partial charge is 0.550 e. The maximum absolute atomic E-state index is 13.7. The summed E-state index contributed by atoms with van der Waals surface area (Å²) in [7, 11) is 1.59. The van der Waals surface area contributed by atoms with Crippen LogP contribution in [0.3, 0.4) is 0 Å². The van der Waals surface area contributed by atoms with Gasteiger partial charge in [-0.15, -0.1) is 0 Å². The summed E-state index contributed by atoms with van der Waals surface area (Å²) in [5, 5.41) is 35.6. The summed E-state index contributed by atoms with van der Waals surface area (Å²) in [6.45, 7) is 3.96. The number of benzene rings is 2. The van der Waals surface area contributed by atoms with Gasteiger partial charge in [0.2, 0.25) is 0 Å². The van der Waals surface area contributed by atoms with Gasteiger partial charge in [0.1, 0.15) is 11.6 Å². The second-order valence-electron chi connectivity index (χ2n) is 9.70. The van der Waals surface area contributed by atoms with Crippen LogP contribution < -0.4 is 34.7 Å². The summed E-state index contributed by atoms with van der Waals surface area (Å²) in [6, 6.07) is 11.6. The number of rotatable bonds is 12. The van der Waals surface area contributed by atoms with Crippen molar-refractivity contribution in [1.29, 1.82) is 0 Å². The van der Waals surface area contributed by atoms with Crippen LogP contribution in [0.15, 0.2) is 48.5 Å². The summed E-state index contributed by atoms with van der Waals surface area (Å²) < 4.78 is 28.8. The predicted octanol–water partition coefficient (Wildman–Crippen LogP) is -0.265. The Balaban J connectivity index is 0.00000533. The van der Waals surface area contributed by atoms with Crippen LogP contribution in [-0.4, -0.2) is 56.0 Å². The molecule has 2 N–H and O–H groups in total. The summed E-state index contributed by atoms with van der Waals surface area (Å²) in [6.07, 6.45) is -2.61. The summed E-state index contributed by atoms with van der Waals surface area (Å²) in [5.74, 6) is -2.79. The third kappa shape index (κ3) is 8.94. The zero-order valence-corrected chi connectivity index (χ0v) is 24.6. The fourth-order valence-electron chi connectivity index (χ4n) is 4.44. The Morgan fingerprint density at radius 3 is 2.31 bits per heavy atom. The quantitative estimate of drug-likeness (QED) is 0.300. The van der Waals surface area contributed by atoms with E-state index in [1.165, 1.54) is 41.3 Å². The van der Waals surface area contributed by atoms with Crippen LogP contribution in [0.1, 0.15) is 66.3 Å². The first-order valence-electron chi connectivity index (χ1n) is 12.4. The maximum Gasteiger partial charge on any atom is 1.00 e. The maximum atomic E-state index is 13.7. The molecule has 2 aromatic carbocycles. The van der Waals surface area contributed by atoms with E-state index in [0.29, 0.717) is 22.5 Å². The number of nitrogens with zero attached hydrogens (tertiary/aromatic N) is 3. The first-order valence-corrected chi connectivity index (χ1v) is 12.4. The van der Waals surface area contributed by atoms with Gasteiger partial charge in [-0.3, -0.25) is 4.79 Å². The second-order valence-corrected chi connectivity index (χ2v) is 9.70. The Bertz CT molecular complexity index is 1270. The molecule has 1 amide bonds. The average Bonchev–Trinajstić information content (AvgIpc) is 3.22. The van der Waals surface area contributed by atoms with E-state index in [2.05, 4.69) is 5.10 Å². The molecule has 0 aliphatic rings. The van der Waals surface area contributed by atoms with Crippen molar-refractivity contribution in [2.45, 2.75) is 64.2 Å². The van der Waals surface area contributed by atoms with Gasteiger partial charge in [0.15, 0.2) is 5.69 Å². The van der Waals surface area contributed by atoms with Crippen molar-refractivity contribution in [3.63, 3.8) is 0 Å². The molecular formula is C28H32F2N3NaO5. The van der Waals surface area contributed by atoms with Crippen LogP contribution in [0, 0.1) is 11.6 Å². The van der Waals surface area contributed by atoms with Gasteiger partial charge in [-0.25, -0.2) is 13.5 Å². The number of carbonyl (C=O) groups excluding carboxylic acids is 2. The van der Waals surface area contributed by atoms with E-state index < -0.39 is 36.2 Å². The minimum atomic E-state index is -1.41. The Hall–Kier alpha value is -2.63. The van der Waals surface area contributed by atoms with Gasteiger partial charge in [0, 0.05) is 37.2 Å². The molecule has 1 heterocycles. The van der Waals surface area contributed by atoms with Gasteiger partial charge in [0.25, 0.3) is 5.91 Å². The summed E-state index contributed by atoms with van der Waals surface area (Å²) in [4.78, 5) is 25.7. The van der Waals surface area contributed by atoms with Crippen LogP contribution in [0.2, 0.25) is 0 Å². The molecule has 0 bridgehead atoms. The minimum Gasteiger partial charge on any atom is -0.550 e. The van der Waals surface area contributed by atoms with Gasteiger partial charge in [0.05, 0.1) is 17.9 Å². The number of halogens is 2. The van der Waals surface area contributed by atoms with Gasteiger partial charge in [-0.2, -0.15) is 5.10 Å². The van der Waals surface area contributed by atoms with Gasteiger partial charge >= 0.3 is 29.6 Å². The SMILES string of the molecule is CC(C)c1c(C(=O)N(C)Cc2cccc(F)c2)nn(-c2ccc(F)cc2)c1CCC(O)CC(O)CC(=O)[O-].[Na+]. The second kappa shape index (κ2) is 14.7. The fourth-order valence-corrected chi connectivity index (χ4v) is 4.44. The molecule has 0 aliphatic carbocycles. The number of aromatic nitrogens is 2. The molecule has 11 heteroatoms. The van der Waals surface area contributed by atoms with Crippen molar-refractivity contribution in [2.75, 3.05) is 7.05 Å². The zero-order chi connectivity index (χ0) is 28.0. The molecule has 0 radical (unpaired) electrons. The zero-order valence-electron chi connectivity index (χ0n) is 22.6. The third-order valence-corrected chi connectivity index (χ3v) is 6.19. The molecule has 0 fully saturated rings. The number of aliphatic hydroxyl groups is 2. The molecule has 8 nitrogen and oxygen atoms in total. The number of carboxylic acids is 1. The number of amides is 1. The standard InChI is InChI=1S/C28H33F2N3O5.Na/c1-17(2)26-24(12-11-22(34)14-23(35)15-25(36)37)33(21-9-7-19(29)8-10-21)31-27(26)28(38)32(3)16-18-5-4-6-20(30)13-18;/h4-10,13,17,22-23,34-35H,11-12,14-16H2,1-3H3,(H,36,37);/q;+1/p-1. The van der Waals surface area contributed by atoms with E-state index in [-0.39, 0.29) is 72.9 Å². The van der Waals surface area contributed by atoms with Crippen molar-refractivity contribution < 1.29 is 63.2 Å². The van der Waals surface area contributed by atoms with Gasteiger partial charge in [-0.05, 0) is 67.1 Å². The fraction of sp³-hybridized carbons (Fsp3) is 0.393. The summed E-state index contributed by atoms with van der Waals surface area (Å²) in [5.41, 5.74) is 2.59. The first kappa shape index (κ1) is 32.6. The average molecular weight is 552 g/mol. The molecule has 3 rings (SSSR count). The third-order valence-electron chi connectivity index (χ3n) is 6.19. The first-order chi connectivity index (χ1) is 18.0. The monoisotopic (exact) mass is 551 g/mol. The Morgan fingerprint density at radius 2 is 1.72 bits per heavy atom. The molecule has 2 atom stereocenters. The number of hydrogen-bond donors (Lipinski definition) is 2. The molecule has 2 unspecified atom stereocenters. The molecule has 0 saturated carbocycles. The minimum absolute atomic E-state index is 0. The molecule has 0 spiro atoms. The Morgan fingerprint density at radius 1 is 1.05 bits per heavy atom. The van der Waals surface area contributed by atoms with E-state index in [4.69, 9.17) is 0 Å². The van der Waals surface area contributed by atoms with Crippen LogP contribution in [-0.2, 0) is 17.8 Å². The normalized spacial score (nSPS) is 12.6. The van der Waals surface area contributed by atoms with Crippen molar-refractivity contribution in [1.82, 2.24) is 14.7 Å². The number of aliphatic carboxylic acids is 1. The number of carbonyl (C=O) groups is 2. The van der Waals surface area contributed by atoms with Gasteiger partial charge < -0.3 is 25.0 Å². The van der Waals surface area contributed by atoms with Crippen LogP contribution in [0.5, 0.6) is 0 Å². The van der Waals surface area contributed by atoms with Crippen LogP contribution in [0.4, 0.5) is 8.78 Å². The van der Waals surface area contributed by atoms with Crippen molar-refractivity contribution >= 4 is 11.9 Å². The van der Waals surface area contributed by atoms with Crippen LogP contribution >= 0.6 is 0 Å². The predicted molar refractivity (Wildman–Crippen MR) is 134 cm³/mol. The van der Waals surface area contributed by atoms with E-state index >= 15 is 0 Å². The Labute approximate surface area is 248 Å². The molecule has 0 aliphatic heterocycles. The van der Waals surface area contributed by atoms with Crippen molar-refractivity contribution in [3.05, 3.63) is 82.7 Å². The topological polar surface area (TPSA) is 119 Å². The largest absolute Gasteiger partial charge is 1.00 e. The number of carboxylic acid groups (broad SMARTS) is 1. The van der Waals surface area contributed by atoms with E-state index in [1.807, 2.05) is 13.8 Å². The molecule has 1 aromatic heterocycles. The van der Waals surface area contributed by atoms with Crippen molar-refractivity contribution in [2.24, 2.45) is 0 Å². The molecule has 39 heavy (non-hydrogen) atoms. The Kier molecular flexibility index (Phi) is 12.3. The van der Waals surface area contributed by atoms with E-state index in [1.54, 1.807) is 23.9 Å². The number of hydrogen-bond acceptors (Lipinski definition) is 6. The van der Waals surface area contributed by atoms with E-state index in [0.717, 1.165) is 0 Å². The van der Waals surface area contributed by atoms with E-state index in [9.17, 15) is 33.7 Å². The van der Waals surface area contributed by atoms with Crippen molar-refractivity contribution in [3.8, 4) is 5.69 Å². The molecule has 204 valence electrons. The molecular weight excluding hydrogens is 519 g/mol.